The van der Waals surface area contributed by atoms with Crippen molar-refractivity contribution in [1.82, 2.24) is 10.2 Å². The lowest BCUT2D eigenvalue weighted by Crippen LogP contribution is -2.49. The summed E-state index contributed by atoms with van der Waals surface area (Å²) >= 11 is 0. The Bertz CT molecular complexity index is 494. The number of piperidine rings is 1. The van der Waals surface area contributed by atoms with E-state index in [1.54, 1.807) is 6.92 Å². The summed E-state index contributed by atoms with van der Waals surface area (Å²) in [6.45, 7) is 3.38. The fourth-order valence-electron chi connectivity index (χ4n) is 3.45. The average Bonchev–Trinajstić information content (AvgIpc) is 2.77. The number of amides is 1. The third-order valence-corrected chi connectivity index (χ3v) is 4.68. The van der Waals surface area contributed by atoms with Gasteiger partial charge in [0.1, 0.15) is 0 Å². The molecule has 20 heavy (non-hydrogen) atoms. The van der Waals surface area contributed by atoms with Crippen molar-refractivity contribution in [3.63, 3.8) is 0 Å². The Morgan fingerprint density at radius 1 is 1.30 bits per heavy atom. The smallest absolute Gasteiger partial charge is 0.219 e. The van der Waals surface area contributed by atoms with Gasteiger partial charge in [-0.25, -0.2) is 0 Å². The Hall–Kier alpha value is -1.39. The van der Waals surface area contributed by atoms with Crippen molar-refractivity contribution in [2.24, 2.45) is 5.73 Å². The van der Waals surface area contributed by atoms with Gasteiger partial charge in [-0.2, -0.15) is 0 Å². The lowest BCUT2D eigenvalue weighted by atomic mass is 10.0. The lowest BCUT2D eigenvalue weighted by molar-refractivity contribution is -0.129. The molecule has 2 atom stereocenters. The molecule has 1 fully saturated rings. The first-order valence-electron chi connectivity index (χ1n) is 7.50. The van der Waals surface area contributed by atoms with Gasteiger partial charge in [-0.15, -0.1) is 0 Å². The van der Waals surface area contributed by atoms with Gasteiger partial charge in [-0.1, -0.05) is 24.3 Å². The van der Waals surface area contributed by atoms with Gasteiger partial charge in [-0.05, 0) is 30.4 Å². The van der Waals surface area contributed by atoms with Crippen molar-refractivity contribution in [3.8, 4) is 0 Å². The molecule has 0 aromatic heterocycles. The van der Waals surface area contributed by atoms with Crippen LogP contribution in [0.25, 0.3) is 0 Å². The standard InChI is InChI=1S/C16H23N3O/c1-11(20)19-8-6-13(7-9-19)18-15-10-12-4-2-3-5-14(12)16(15)17/h2-5,13,15-16,18H,6-10,17H2,1H3/t15-,16-/m1/s1. The second-order valence-electron chi connectivity index (χ2n) is 5.98. The number of nitrogens with one attached hydrogen (secondary N) is 1. The molecular weight excluding hydrogens is 250 g/mol. The van der Waals surface area contributed by atoms with Crippen LogP contribution in [-0.4, -0.2) is 36.0 Å². The van der Waals surface area contributed by atoms with Crippen LogP contribution in [-0.2, 0) is 11.2 Å². The molecule has 108 valence electrons. The van der Waals surface area contributed by atoms with Crippen LogP contribution in [0.2, 0.25) is 0 Å². The Morgan fingerprint density at radius 3 is 2.65 bits per heavy atom. The van der Waals surface area contributed by atoms with Gasteiger partial charge in [0.05, 0.1) is 0 Å². The van der Waals surface area contributed by atoms with Crippen LogP contribution in [0.15, 0.2) is 24.3 Å². The SMILES string of the molecule is CC(=O)N1CCC(N[C@@H]2Cc3ccccc3[C@H]2N)CC1. The van der Waals surface area contributed by atoms with E-state index < -0.39 is 0 Å². The number of nitrogens with zero attached hydrogens (tertiary/aromatic N) is 1. The van der Waals surface area contributed by atoms with Crippen LogP contribution in [0.5, 0.6) is 0 Å². The molecule has 0 unspecified atom stereocenters. The van der Waals surface area contributed by atoms with E-state index in [4.69, 9.17) is 5.73 Å². The van der Waals surface area contributed by atoms with Gasteiger partial charge < -0.3 is 16.0 Å². The van der Waals surface area contributed by atoms with Crippen LogP contribution >= 0.6 is 0 Å². The minimum absolute atomic E-state index is 0.0945. The summed E-state index contributed by atoms with van der Waals surface area (Å²) in [5.74, 6) is 0.188. The number of likely N-dealkylation sites (tertiary alicyclic amines) is 1. The Morgan fingerprint density at radius 2 is 2.00 bits per heavy atom. The van der Waals surface area contributed by atoms with Gasteiger partial charge in [-0.3, -0.25) is 4.79 Å². The molecule has 1 aliphatic heterocycles. The van der Waals surface area contributed by atoms with Gasteiger partial charge in [0.25, 0.3) is 0 Å². The highest BCUT2D eigenvalue weighted by Crippen LogP contribution is 2.30. The topological polar surface area (TPSA) is 58.4 Å². The highest BCUT2D eigenvalue weighted by Gasteiger charge is 2.31. The molecule has 1 aromatic carbocycles. The number of carbonyl (C=O) groups is 1. The molecule has 2 aliphatic rings. The molecule has 3 N–H and O–H groups in total. The van der Waals surface area contributed by atoms with Crippen molar-refractivity contribution in [1.29, 1.82) is 0 Å². The van der Waals surface area contributed by atoms with Crippen molar-refractivity contribution >= 4 is 5.91 Å². The largest absolute Gasteiger partial charge is 0.343 e. The summed E-state index contributed by atoms with van der Waals surface area (Å²) in [6.07, 6.45) is 3.07. The van der Waals surface area contributed by atoms with E-state index in [0.29, 0.717) is 12.1 Å². The molecule has 0 bridgehead atoms. The van der Waals surface area contributed by atoms with Crippen molar-refractivity contribution < 1.29 is 4.79 Å². The fourth-order valence-corrected chi connectivity index (χ4v) is 3.45. The Balaban J connectivity index is 1.57. The zero-order chi connectivity index (χ0) is 14.1. The molecule has 1 aromatic rings. The third-order valence-electron chi connectivity index (χ3n) is 4.68. The highest BCUT2D eigenvalue weighted by molar-refractivity contribution is 5.73. The second kappa shape index (κ2) is 5.54. The summed E-state index contributed by atoms with van der Waals surface area (Å²) in [4.78, 5) is 13.3. The lowest BCUT2D eigenvalue weighted by Gasteiger charge is -2.34. The zero-order valence-electron chi connectivity index (χ0n) is 12.0. The van der Waals surface area contributed by atoms with Crippen LogP contribution in [0.4, 0.5) is 0 Å². The molecule has 0 saturated carbocycles. The first kappa shape index (κ1) is 13.6. The maximum atomic E-state index is 11.3. The molecular formula is C16H23N3O. The number of fused-ring (bicyclic) bond motifs is 1. The molecule has 3 rings (SSSR count). The molecule has 1 aliphatic carbocycles. The van der Waals surface area contributed by atoms with Crippen LogP contribution in [0, 0.1) is 0 Å². The number of hydrogen-bond donors (Lipinski definition) is 2. The number of hydrogen-bond acceptors (Lipinski definition) is 3. The highest BCUT2D eigenvalue weighted by atomic mass is 16.2. The number of rotatable bonds is 2. The predicted molar refractivity (Wildman–Crippen MR) is 79.3 cm³/mol. The first-order chi connectivity index (χ1) is 9.65. The average molecular weight is 273 g/mol. The predicted octanol–water partition coefficient (Wildman–Crippen LogP) is 1.21. The molecule has 0 radical (unpaired) electrons. The minimum atomic E-state index is 0.0945. The van der Waals surface area contributed by atoms with E-state index in [2.05, 4.69) is 29.6 Å². The summed E-state index contributed by atoms with van der Waals surface area (Å²) < 4.78 is 0. The number of benzene rings is 1. The van der Waals surface area contributed by atoms with E-state index >= 15 is 0 Å². The van der Waals surface area contributed by atoms with E-state index in [-0.39, 0.29) is 11.9 Å². The van der Waals surface area contributed by atoms with Gasteiger partial charge in [0, 0.05) is 38.1 Å². The van der Waals surface area contributed by atoms with E-state index in [0.717, 1.165) is 32.4 Å². The van der Waals surface area contributed by atoms with E-state index in [1.807, 2.05) is 4.90 Å². The van der Waals surface area contributed by atoms with Gasteiger partial charge in [0.15, 0.2) is 0 Å². The number of carbonyl (C=O) groups excluding carboxylic acids is 1. The molecule has 1 amide bonds. The summed E-state index contributed by atoms with van der Waals surface area (Å²) in [7, 11) is 0. The van der Waals surface area contributed by atoms with Crippen molar-refractivity contribution in [2.75, 3.05) is 13.1 Å². The minimum Gasteiger partial charge on any atom is -0.343 e. The first-order valence-corrected chi connectivity index (χ1v) is 7.50. The second-order valence-corrected chi connectivity index (χ2v) is 5.98. The normalized spacial score (nSPS) is 26.6. The maximum absolute atomic E-state index is 11.3. The van der Waals surface area contributed by atoms with E-state index in [1.165, 1.54) is 11.1 Å². The molecule has 0 spiro atoms. The quantitative estimate of drug-likeness (QED) is 0.851. The number of nitrogens with two attached hydrogens (primary N) is 1. The fraction of sp³-hybridized carbons (Fsp3) is 0.562. The zero-order valence-corrected chi connectivity index (χ0v) is 12.0. The van der Waals surface area contributed by atoms with Crippen molar-refractivity contribution in [2.45, 2.75) is 44.3 Å². The van der Waals surface area contributed by atoms with Crippen LogP contribution < -0.4 is 11.1 Å². The molecule has 4 nitrogen and oxygen atoms in total. The monoisotopic (exact) mass is 273 g/mol. The summed E-state index contributed by atoms with van der Waals surface area (Å²) in [5, 5.41) is 3.71. The van der Waals surface area contributed by atoms with Gasteiger partial charge >= 0.3 is 0 Å². The summed E-state index contributed by atoms with van der Waals surface area (Å²) in [6, 6.07) is 9.37. The van der Waals surface area contributed by atoms with E-state index in [9.17, 15) is 4.79 Å². The summed E-state index contributed by atoms with van der Waals surface area (Å²) in [5.41, 5.74) is 9.01. The van der Waals surface area contributed by atoms with Crippen molar-refractivity contribution in [3.05, 3.63) is 35.4 Å². The Kier molecular flexibility index (Phi) is 3.76. The molecule has 4 heteroatoms. The molecule has 1 heterocycles. The molecule has 1 saturated heterocycles. The van der Waals surface area contributed by atoms with Crippen LogP contribution in [0.1, 0.15) is 36.9 Å². The maximum Gasteiger partial charge on any atom is 0.219 e. The third kappa shape index (κ3) is 2.58. The van der Waals surface area contributed by atoms with Gasteiger partial charge in [0.2, 0.25) is 5.91 Å². The van der Waals surface area contributed by atoms with Crippen LogP contribution in [0.3, 0.4) is 0 Å². The Labute approximate surface area is 120 Å².